The lowest BCUT2D eigenvalue weighted by atomic mass is 10.2. The molecule has 0 aromatic carbocycles. The van der Waals surface area contributed by atoms with Gasteiger partial charge in [0.05, 0.1) is 6.10 Å². The topological polar surface area (TPSA) is 101 Å². The van der Waals surface area contributed by atoms with E-state index in [0.717, 1.165) is 0 Å². The van der Waals surface area contributed by atoms with Crippen molar-refractivity contribution >= 4 is 6.29 Å². The molecule has 1 aromatic rings. The highest BCUT2D eigenvalue weighted by Crippen LogP contribution is 2.26. The Hall–Kier alpha value is -1.73. The number of aromatic amines is 1. The first kappa shape index (κ1) is 11.7. The van der Waals surface area contributed by atoms with Gasteiger partial charge in [-0.1, -0.05) is 0 Å². The third-order valence-corrected chi connectivity index (χ3v) is 2.73. The maximum absolute atomic E-state index is 11.5. The summed E-state index contributed by atoms with van der Waals surface area (Å²) in [5.74, 6) is 0. The molecular formula is C10H12N2O5. The molecule has 7 nitrogen and oxygen atoms in total. The van der Waals surface area contributed by atoms with Crippen molar-refractivity contribution in [3.8, 4) is 0 Å². The zero-order valence-corrected chi connectivity index (χ0v) is 9.12. The van der Waals surface area contributed by atoms with Crippen LogP contribution in [-0.2, 0) is 9.53 Å². The Kier molecular flexibility index (Phi) is 2.95. The summed E-state index contributed by atoms with van der Waals surface area (Å²) in [6, 6.07) is 0. The maximum atomic E-state index is 11.5. The summed E-state index contributed by atoms with van der Waals surface area (Å²) in [7, 11) is 0. The van der Waals surface area contributed by atoms with Gasteiger partial charge >= 0.3 is 5.69 Å². The standard InChI is InChI=1S/C10H12N2O5/c1-5-3-12(10(16)11-9(5)15)8-2-6(14)7(4-13)17-8/h3-4,6-8,14H,2H2,1H3,(H,11,15,16)/t6-,7+,8+/m0/s1. The number of aldehydes is 1. The predicted molar refractivity (Wildman–Crippen MR) is 56.7 cm³/mol. The van der Waals surface area contributed by atoms with Crippen LogP contribution in [0.25, 0.3) is 0 Å². The van der Waals surface area contributed by atoms with E-state index in [2.05, 4.69) is 4.98 Å². The minimum absolute atomic E-state index is 0.134. The Bertz CT molecular complexity index is 546. The van der Waals surface area contributed by atoms with E-state index in [-0.39, 0.29) is 6.42 Å². The molecule has 0 amide bonds. The van der Waals surface area contributed by atoms with E-state index in [9.17, 15) is 19.5 Å². The van der Waals surface area contributed by atoms with E-state index in [1.807, 2.05) is 0 Å². The number of aliphatic hydroxyl groups excluding tert-OH is 1. The summed E-state index contributed by atoms with van der Waals surface area (Å²) in [6.45, 7) is 1.55. The molecule has 1 saturated heterocycles. The van der Waals surface area contributed by atoms with E-state index >= 15 is 0 Å². The van der Waals surface area contributed by atoms with E-state index in [1.54, 1.807) is 6.92 Å². The molecule has 1 aliphatic rings. The number of carbonyl (C=O) groups is 1. The van der Waals surface area contributed by atoms with Gasteiger partial charge in [-0.2, -0.15) is 0 Å². The highest BCUT2D eigenvalue weighted by molar-refractivity contribution is 5.57. The molecule has 7 heteroatoms. The number of hydrogen-bond donors (Lipinski definition) is 2. The Labute approximate surface area is 95.7 Å². The van der Waals surface area contributed by atoms with Crippen LogP contribution in [0.15, 0.2) is 15.8 Å². The quantitative estimate of drug-likeness (QED) is 0.625. The maximum Gasteiger partial charge on any atom is 0.330 e. The van der Waals surface area contributed by atoms with Gasteiger partial charge < -0.3 is 14.6 Å². The molecule has 17 heavy (non-hydrogen) atoms. The molecule has 2 heterocycles. The van der Waals surface area contributed by atoms with Crippen LogP contribution in [0.1, 0.15) is 18.2 Å². The Morgan fingerprint density at radius 2 is 2.29 bits per heavy atom. The minimum Gasteiger partial charge on any atom is -0.390 e. The number of nitrogens with zero attached hydrogens (tertiary/aromatic N) is 1. The number of rotatable bonds is 2. The van der Waals surface area contributed by atoms with Crippen LogP contribution in [0.4, 0.5) is 0 Å². The van der Waals surface area contributed by atoms with Gasteiger partial charge in [0.25, 0.3) is 5.56 Å². The predicted octanol–water partition coefficient (Wildman–Crippen LogP) is -1.31. The number of aromatic nitrogens is 2. The highest BCUT2D eigenvalue weighted by atomic mass is 16.5. The lowest BCUT2D eigenvalue weighted by molar-refractivity contribution is -0.122. The fraction of sp³-hybridized carbons (Fsp3) is 0.500. The Balaban J connectivity index is 2.37. The van der Waals surface area contributed by atoms with Gasteiger partial charge in [-0.15, -0.1) is 0 Å². The average Bonchev–Trinajstić information content (AvgIpc) is 2.65. The van der Waals surface area contributed by atoms with Gasteiger partial charge in [0, 0.05) is 18.2 Å². The number of ether oxygens (including phenoxy) is 1. The van der Waals surface area contributed by atoms with E-state index < -0.39 is 29.7 Å². The van der Waals surface area contributed by atoms with Crippen LogP contribution in [0.5, 0.6) is 0 Å². The third kappa shape index (κ3) is 2.06. The van der Waals surface area contributed by atoms with Crippen molar-refractivity contribution in [2.24, 2.45) is 0 Å². The summed E-state index contributed by atoms with van der Waals surface area (Å²) in [6.07, 6.45) is -0.617. The molecule has 0 aliphatic carbocycles. The first-order valence-corrected chi connectivity index (χ1v) is 5.14. The normalized spacial score (nSPS) is 28.2. The second-order valence-corrected chi connectivity index (χ2v) is 3.97. The summed E-state index contributed by atoms with van der Waals surface area (Å²) in [4.78, 5) is 35.4. The molecule has 0 unspecified atom stereocenters. The van der Waals surface area contributed by atoms with Crippen molar-refractivity contribution in [2.45, 2.75) is 31.8 Å². The van der Waals surface area contributed by atoms with E-state index in [4.69, 9.17) is 4.74 Å². The van der Waals surface area contributed by atoms with Crippen LogP contribution in [-0.4, -0.2) is 33.2 Å². The van der Waals surface area contributed by atoms with Gasteiger partial charge in [0.15, 0.2) is 6.29 Å². The minimum atomic E-state index is -0.934. The number of nitrogens with one attached hydrogen (secondary N) is 1. The number of H-pyrrole nitrogens is 1. The SMILES string of the molecule is Cc1cn([C@H]2C[C@H](O)[C@@H](C=O)O2)c(=O)[nH]c1=O. The third-order valence-electron chi connectivity index (χ3n) is 2.73. The Morgan fingerprint density at radius 1 is 1.59 bits per heavy atom. The molecule has 92 valence electrons. The smallest absolute Gasteiger partial charge is 0.330 e. The number of carbonyl (C=O) groups excluding carboxylic acids is 1. The molecule has 0 bridgehead atoms. The summed E-state index contributed by atoms with van der Waals surface area (Å²) in [5.41, 5.74) is -0.724. The average molecular weight is 240 g/mol. The molecule has 1 fully saturated rings. The first-order chi connectivity index (χ1) is 8.02. The van der Waals surface area contributed by atoms with Crippen molar-refractivity contribution in [1.82, 2.24) is 9.55 Å². The molecule has 3 atom stereocenters. The molecular weight excluding hydrogens is 228 g/mol. The molecule has 2 N–H and O–H groups in total. The second-order valence-electron chi connectivity index (χ2n) is 3.97. The summed E-state index contributed by atoms with van der Waals surface area (Å²) < 4.78 is 6.38. The van der Waals surface area contributed by atoms with Crippen LogP contribution in [0, 0.1) is 6.92 Å². The molecule has 2 rings (SSSR count). The Morgan fingerprint density at radius 3 is 2.88 bits per heavy atom. The van der Waals surface area contributed by atoms with Crippen molar-refractivity contribution < 1.29 is 14.6 Å². The van der Waals surface area contributed by atoms with Crippen LogP contribution < -0.4 is 11.2 Å². The first-order valence-electron chi connectivity index (χ1n) is 5.14. The van der Waals surface area contributed by atoms with E-state index in [0.29, 0.717) is 11.8 Å². The zero-order chi connectivity index (χ0) is 12.6. The van der Waals surface area contributed by atoms with Crippen molar-refractivity contribution in [1.29, 1.82) is 0 Å². The van der Waals surface area contributed by atoms with Crippen LogP contribution >= 0.6 is 0 Å². The number of hydrogen-bond acceptors (Lipinski definition) is 5. The van der Waals surface area contributed by atoms with Gasteiger partial charge in [0.1, 0.15) is 12.3 Å². The molecule has 0 radical (unpaired) electrons. The van der Waals surface area contributed by atoms with Crippen molar-refractivity contribution in [2.75, 3.05) is 0 Å². The van der Waals surface area contributed by atoms with Crippen LogP contribution in [0.3, 0.4) is 0 Å². The fourth-order valence-electron chi connectivity index (χ4n) is 1.77. The largest absolute Gasteiger partial charge is 0.390 e. The van der Waals surface area contributed by atoms with Crippen molar-refractivity contribution in [3.05, 3.63) is 32.6 Å². The highest BCUT2D eigenvalue weighted by Gasteiger charge is 2.35. The van der Waals surface area contributed by atoms with Crippen LogP contribution in [0.2, 0.25) is 0 Å². The lowest BCUT2D eigenvalue weighted by Gasteiger charge is -2.13. The zero-order valence-electron chi connectivity index (χ0n) is 9.12. The molecule has 1 aliphatic heterocycles. The van der Waals surface area contributed by atoms with Gasteiger partial charge in [-0.3, -0.25) is 14.3 Å². The number of aryl methyl sites for hydroxylation is 1. The number of aliphatic hydroxyl groups is 1. The molecule has 0 saturated carbocycles. The summed E-state index contributed by atoms with van der Waals surface area (Å²) >= 11 is 0. The lowest BCUT2D eigenvalue weighted by Crippen LogP contribution is -2.33. The van der Waals surface area contributed by atoms with E-state index in [1.165, 1.54) is 10.8 Å². The summed E-state index contributed by atoms with van der Waals surface area (Å²) in [5, 5.41) is 9.49. The molecule has 1 aromatic heterocycles. The monoisotopic (exact) mass is 240 g/mol. The molecule has 0 spiro atoms. The van der Waals surface area contributed by atoms with Gasteiger partial charge in [-0.25, -0.2) is 4.79 Å². The second kappa shape index (κ2) is 4.27. The van der Waals surface area contributed by atoms with Gasteiger partial charge in [0.2, 0.25) is 0 Å². The van der Waals surface area contributed by atoms with Gasteiger partial charge in [-0.05, 0) is 6.92 Å². The fourth-order valence-corrected chi connectivity index (χ4v) is 1.77. The van der Waals surface area contributed by atoms with Crippen molar-refractivity contribution in [3.63, 3.8) is 0 Å².